The summed E-state index contributed by atoms with van der Waals surface area (Å²) in [4.78, 5) is 22.5. The van der Waals surface area contributed by atoms with Crippen LogP contribution in [0.15, 0.2) is 12.5 Å². The zero-order valence-corrected chi connectivity index (χ0v) is 16.4. The van der Waals surface area contributed by atoms with E-state index in [-0.39, 0.29) is 11.9 Å². The lowest BCUT2D eigenvalue weighted by molar-refractivity contribution is -0.161. The van der Waals surface area contributed by atoms with Crippen molar-refractivity contribution in [3.8, 4) is 0 Å². The third kappa shape index (κ3) is 2.79. The van der Waals surface area contributed by atoms with Crippen LogP contribution in [0.4, 0.5) is 0 Å². The van der Waals surface area contributed by atoms with Crippen molar-refractivity contribution in [1.82, 2.24) is 20.4 Å². The van der Waals surface area contributed by atoms with Crippen molar-refractivity contribution in [2.24, 2.45) is 17.8 Å². The maximum atomic E-state index is 13.8. The van der Waals surface area contributed by atoms with Crippen molar-refractivity contribution in [1.29, 1.82) is 0 Å². The van der Waals surface area contributed by atoms with Gasteiger partial charge in [-0.3, -0.25) is 9.80 Å². The predicted octanol–water partition coefficient (Wildman–Crippen LogP) is 2.79. The molecular weight excluding hydrogens is 352 g/mol. The highest BCUT2D eigenvalue weighted by atomic mass is 16.3. The molecule has 0 spiro atoms. The number of aliphatic hydroxyl groups is 1. The summed E-state index contributed by atoms with van der Waals surface area (Å²) in [6.07, 6.45) is 14.0. The second kappa shape index (κ2) is 6.23. The van der Waals surface area contributed by atoms with Gasteiger partial charge in [0.2, 0.25) is 0 Å². The molecule has 6 aliphatic rings. The van der Waals surface area contributed by atoms with Gasteiger partial charge in [-0.25, -0.2) is 15.4 Å². The lowest BCUT2D eigenvalue weighted by atomic mass is 9.52. The molecule has 6 saturated carbocycles. The highest BCUT2D eigenvalue weighted by molar-refractivity contribution is 5.95. The van der Waals surface area contributed by atoms with E-state index < -0.39 is 5.60 Å². The molecule has 1 amide bonds. The van der Waals surface area contributed by atoms with Gasteiger partial charge in [-0.2, -0.15) is 0 Å². The Bertz CT molecular complexity index is 774. The van der Waals surface area contributed by atoms with Gasteiger partial charge in [0.15, 0.2) is 0 Å². The number of carbonyl (C=O) groups excluding carboxylic acids is 1. The molecule has 6 heteroatoms. The molecule has 2 atom stereocenters. The first-order valence-corrected chi connectivity index (χ1v) is 11.2. The first-order valence-electron chi connectivity index (χ1n) is 11.2. The molecule has 1 heterocycles. The second-order valence-corrected chi connectivity index (χ2v) is 10.2. The third-order valence-corrected chi connectivity index (χ3v) is 8.07. The SMILES string of the molecule is O=C(c1cncnc1C1CC1)N(NC1CCC1)C1C2CC3CC1CC(O)(C3)C2. The minimum atomic E-state index is -0.479. The van der Waals surface area contributed by atoms with Gasteiger partial charge in [0.25, 0.3) is 5.91 Å². The third-order valence-electron chi connectivity index (χ3n) is 8.07. The fraction of sp³-hybridized carbons (Fsp3) is 0.773. The Morgan fingerprint density at radius 3 is 2.50 bits per heavy atom. The molecule has 1 aromatic heterocycles. The molecule has 2 unspecified atom stereocenters. The van der Waals surface area contributed by atoms with E-state index in [4.69, 9.17) is 0 Å². The van der Waals surface area contributed by atoms with Crippen LogP contribution in [0, 0.1) is 17.8 Å². The normalized spacial score (nSPS) is 39.0. The monoisotopic (exact) mass is 382 g/mol. The van der Waals surface area contributed by atoms with Crippen LogP contribution in [0.25, 0.3) is 0 Å². The van der Waals surface area contributed by atoms with E-state index in [1.165, 1.54) is 6.42 Å². The molecule has 0 aromatic carbocycles. The van der Waals surface area contributed by atoms with Crippen molar-refractivity contribution in [2.75, 3.05) is 0 Å². The van der Waals surface area contributed by atoms with Crippen LogP contribution in [-0.4, -0.2) is 43.7 Å². The van der Waals surface area contributed by atoms with Crippen molar-refractivity contribution >= 4 is 5.91 Å². The topological polar surface area (TPSA) is 78.4 Å². The average Bonchev–Trinajstić information content (AvgIpc) is 3.45. The Kier molecular flexibility index (Phi) is 3.86. The Hall–Kier alpha value is -1.53. The highest BCUT2D eigenvalue weighted by Gasteiger charge is 2.57. The van der Waals surface area contributed by atoms with Crippen LogP contribution in [0.3, 0.4) is 0 Å². The molecule has 28 heavy (non-hydrogen) atoms. The van der Waals surface area contributed by atoms with Crippen molar-refractivity contribution < 1.29 is 9.90 Å². The van der Waals surface area contributed by atoms with Crippen LogP contribution in [0.5, 0.6) is 0 Å². The second-order valence-electron chi connectivity index (χ2n) is 10.2. The molecule has 150 valence electrons. The Labute approximate surface area is 166 Å². The summed E-state index contributed by atoms with van der Waals surface area (Å²) in [6, 6.07) is 0.593. The van der Waals surface area contributed by atoms with Gasteiger partial charge in [-0.1, -0.05) is 6.42 Å². The van der Waals surface area contributed by atoms with Gasteiger partial charge in [-0.15, -0.1) is 0 Å². The number of nitrogens with zero attached hydrogens (tertiary/aromatic N) is 3. The Balaban J connectivity index is 1.34. The Morgan fingerprint density at radius 1 is 1.14 bits per heavy atom. The number of aromatic nitrogens is 2. The predicted molar refractivity (Wildman–Crippen MR) is 103 cm³/mol. The van der Waals surface area contributed by atoms with Gasteiger partial charge in [0.1, 0.15) is 6.33 Å². The number of amides is 1. The van der Waals surface area contributed by atoms with Crippen molar-refractivity contribution in [3.05, 3.63) is 23.8 Å². The fourth-order valence-electron chi connectivity index (χ4n) is 6.71. The largest absolute Gasteiger partial charge is 0.390 e. The summed E-state index contributed by atoms with van der Waals surface area (Å²) in [5.41, 5.74) is 4.76. The van der Waals surface area contributed by atoms with Crippen LogP contribution >= 0.6 is 0 Å². The average molecular weight is 383 g/mol. The van der Waals surface area contributed by atoms with E-state index in [0.29, 0.717) is 35.3 Å². The van der Waals surface area contributed by atoms with Gasteiger partial charge < -0.3 is 5.11 Å². The molecule has 7 rings (SSSR count). The molecule has 2 N–H and O–H groups in total. The first-order chi connectivity index (χ1) is 13.6. The zero-order chi connectivity index (χ0) is 18.9. The summed E-state index contributed by atoms with van der Waals surface area (Å²) in [5, 5.41) is 13.0. The number of nitrogens with one attached hydrogen (secondary N) is 1. The number of hydrogen-bond acceptors (Lipinski definition) is 5. The minimum absolute atomic E-state index is 0.0545. The summed E-state index contributed by atoms with van der Waals surface area (Å²) in [6.45, 7) is 0. The number of hydrazine groups is 1. The van der Waals surface area contributed by atoms with Gasteiger partial charge in [-0.05, 0) is 75.5 Å². The Morgan fingerprint density at radius 2 is 1.89 bits per heavy atom. The standard InChI is InChI=1S/C22H30N4O2/c27-21(18-11-23-12-24-19(18)14-4-5-14)26(25-17-2-1-3-17)20-15-6-13-7-16(20)10-22(28,8-13)9-15/h11-17,20,25,28H,1-10H2. The van der Waals surface area contributed by atoms with Gasteiger partial charge in [0, 0.05) is 18.2 Å². The molecule has 6 aliphatic carbocycles. The highest BCUT2D eigenvalue weighted by Crippen LogP contribution is 2.57. The molecule has 4 bridgehead atoms. The summed E-state index contributed by atoms with van der Waals surface area (Å²) < 4.78 is 0. The first kappa shape index (κ1) is 17.3. The van der Waals surface area contributed by atoms with E-state index in [9.17, 15) is 9.90 Å². The lowest BCUT2D eigenvalue weighted by Gasteiger charge is -2.60. The summed E-state index contributed by atoms with van der Waals surface area (Å²) in [5.74, 6) is 1.93. The molecule has 1 aromatic rings. The number of rotatable bonds is 5. The quantitative estimate of drug-likeness (QED) is 0.766. The number of carbonyl (C=O) groups is 1. The molecular formula is C22H30N4O2. The maximum absolute atomic E-state index is 13.8. The summed E-state index contributed by atoms with van der Waals surface area (Å²) >= 11 is 0. The molecule has 6 nitrogen and oxygen atoms in total. The molecule has 0 saturated heterocycles. The van der Waals surface area contributed by atoms with Gasteiger partial charge in [0.05, 0.1) is 22.9 Å². The van der Waals surface area contributed by atoms with E-state index in [1.807, 2.05) is 5.01 Å². The van der Waals surface area contributed by atoms with Crippen LogP contribution in [-0.2, 0) is 0 Å². The van der Waals surface area contributed by atoms with E-state index in [2.05, 4.69) is 15.4 Å². The number of hydrogen-bond donors (Lipinski definition) is 2. The fourth-order valence-corrected chi connectivity index (χ4v) is 6.71. The van der Waals surface area contributed by atoms with Crippen LogP contribution in [0.1, 0.15) is 86.2 Å². The van der Waals surface area contributed by atoms with Gasteiger partial charge >= 0.3 is 0 Å². The molecule has 0 radical (unpaired) electrons. The smallest absolute Gasteiger partial charge is 0.271 e. The van der Waals surface area contributed by atoms with E-state index in [1.54, 1.807) is 12.5 Å². The summed E-state index contributed by atoms with van der Waals surface area (Å²) in [7, 11) is 0. The van der Waals surface area contributed by atoms with Crippen LogP contribution < -0.4 is 5.43 Å². The van der Waals surface area contributed by atoms with E-state index >= 15 is 0 Å². The zero-order valence-electron chi connectivity index (χ0n) is 16.4. The van der Waals surface area contributed by atoms with Crippen molar-refractivity contribution in [3.63, 3.8) is 0 Å². The van der Waals surface area contributed by atoms with Crippen molar-refractivity contribution in [2.45, 2.75) is 87.8 Å². The van der Waals surface area contributed by atoms with Crippen LogP contribution in [0.2, 0.25) is 0 Å². The molecule has 6 fully saturated rings. The van der Waals surface area contributed by atoms with E-state index in [0.717, 1.165) is 63.5 Å². The minimum Gasteiger partial charge on any atom is -0.390 e. The maximum Gasteiger partial charge on any atom is 0.271 e. The lowest BCUT2D eigenvalue weighted by Crippen LogP contribution is -2.66. The molecule has 0 aliphatic heterocycles.